The average molecular weight is 398 g/mol. The van der Waals surface area contributed by atoms with Crippen molar-refractivity contribution < 1.29 is 5.11 Å². The summed E-state index contributed by atoms with van der Waals surface area (Å²) in [6.07, 6.45) is 2.47. The molecule has 0 fully saturated rings. The predicted molar refractivity (Wildman–Crippen MR) is 108 cm³/mol. The molecule has 0 aliphatic heterocycles. The van der Waals surface area contributed by atoms with Crippen molar-refractivity contribution in [3.05, 3.63) is 71.1 Å². The van der Waals surface area contributed by atoms with Gasteiger partial charge in [0.2, 0.25) is 0 Å². The van der Waals surface area contributed by atoms with Gasteiger partial charge in [-0.2, -0.15) is 0 Å². The maximum atomic E-state index is 11.0. The summed E-state index contributed by atoms with van der Waals surface area (Å²) in [5.74, 6) is 1.40. The monoisotopic (exact) mass is 397 g/mol. The molecule has 0 saturated heterocycles. The zero-order chi connectivity index (χ0) is 18.8. The molecule has 0 bridgehead atoms. The second kappa shape index (κ2) is 7.48. The summed E-state index contributed by atoms with van der Waals surface area (Å²) in [5.41, 5.74) is 2.53. The molecule has 0 radical (unpaired) electrons. The lowest BCUT2D eigenvalue weighted by molar-refractivity contribution is 0.221. The number of aromatic nitrogens is 4. The van der Waals surface area contributed by atoms with E-state index in [1.165, 1.54) is 6.33 Å². The quantitative estimate of drug-likeness (QED) is 0.465. The number of benzene rings is 1. The molecule has 0 aliphatic rings. The Hall–Kier alpha value is -2.74. The lowest BCUT2D eigenvalue weighted by Crippen LogP contribution is -2.00. The zero-order valence-corrected chi connectivity index (χ0v) is 15.9. The number of aliphatic hydroxyl groups is 1. The van der Waals surface area contributed by atoms with E-state index in [-0.39, 0.29) is 0 Å². The van der Waals surface area contributed by atoms with Gasteiger partial charge in [-0.25, -0.2) is 4.98 Å². The molecule has 3 aromatic heterocycles. The minimum absolute atomic E-state index is 0.622. The van der Waals surface area contributed by atoms with Crippen molar-refractivity contribution in [2.75, 3.05) is 12.4 Å². The maximum absolute atomic E-state index is 11.0. The van der Waals surface area contributed by atoms with Crippen LogP contribution in [0, 0.1) is 0 Å². The summed E-state index contributed by atoms with van der Waals surface area (Å²) in [6.45, 7) is 0. The van der Waals surface area contributed by atoms with E-state index in [9.17, 15) is 5.11 Å². The zero-order valence-electron chi connectivity index (χ0n) is 14.3. The molecule has 1 atom stereocenters. The topological polar surface area (TPSA) is 86.7 Å². The Morgan fingerprint density at radius 3 is 2.70 bits per heavy atom. The van der Waals surface area contributed by atoms with Crippen LogP contribution in [0.4, 0.5) is 5.82 Å². The summed E-state index contributed by atoms with van der Waals surface area (Å²) in [7, 11) is 1.83. The fourth-order valence-corrected chi connectivity index (χ4v) is 4.06. The van der Waals surface area contributed by atoms with Gasteiger partial charge in [-0.15, -0.1) is 21.5 Å². The Balaban J connectivity index is 1.82. The molecule has 4 aromatic rings. The summed E-state index contributed by atoms with van der Waals surface area (Å²) < 4.78 is 0. The van der Waals surface area contributed by atoms with Gasteiger partial charge >= 0.3 is 0 Å². The fourth-order valence-electron chi connectivity index (χ4n) is 2.80. The van der Waals surface area contributed by atoms with Crippen LogP contribution in [0.3, 0.4) is 0 Å². The van der Waals surface area contributed by atoms with Crippen LogP contribution in [-0.4, -0.2) is 32.3 Å². The largest absolute Gasteiger partial charge is 0.384 e. The number of rotatable bonds is 5. The van der Waals surface area contributed by atoms with E-state index in [1.54, 1.807) is 29.7 Å². The van der Waals surface area contributed by atoms with Crippen LogP contribution >= 0.6 is 22.9 Å². The second-order valence-corrected chi connectivity index (χ2v) is 7.36. The number of anilines is 1. The molecule has 3 N–H and O–H groups in total. The van der Waals surface area contributed by atoms with Gasteiger partial charge in [0.1, 0.15) is 18.2 Å². The van der Waals surface area contributed by atoms with Crippen molar-refractivity contribution in [1.82, 2.24) is 20.2 Å². The number of hydrogen-bond acceptors (Lipinski definition) is 6. The van der Waals surface area contributed by atoms with Gasteiger partial charge in [0.25, 0.3) is 0 Å². The first-order chi connectivity index (χ1) is 13.2. The Bertz CT molecular complexity index is 1050. The first-order valence-electron chi connectivity index (χ1n) is 8.23. The Labute approximate surface area is 164 Å². The number of nitrogens with one attached hydrogen (secondary N) is 2. The fraction of sp³-hybridized carbons (Fsp3) is 0.105. The highest BCUT2D eigenvalue weighted by molar-refractivity contribution is 7.19. The number of nitrogens with zero attached hydrogens (tertiary/aromatic N) is 3. The van der Waals surface area contributed by atoms with Crippen molar-refractivity contribution >= 4 is 28.8 Å². The SMILES string of the molecule is CNc1cc(-c2cc(C(O)c3ccc(Cl)cc3)c(-c3nnc[nH]3)s2)ccn1. The third kappa shape index (κ3) is 3.57. The molecule has 0 spiro atoms. The van der Waals surface area contributed by atoms with Crippen LogP contribution in [0.5, 0.6) is 0 Å². The normalized spacial score (nSPS) is 12.1. The van der Waals surface area contributed by atoms with Crippen molar-refractivity contribution in [2.24, 2.45) is 0 Å². The van der Waals surface area contributed by atoms with Crippen LogP contribution in [0.2, 0.25) is 5.02 Å². The Morgan fingerprint density at radius 2 is 2.00 bits per heavy atom. The number of halogens is 1. The molecule has 0 saturated carbocycles. The third-order valence-electron chi connectivity index (χ3n) is 4.17. The van der Waals surface area contributed by atoms with Gasteiger partial charge in [-0.1, -0.05) is 23.7 Å². The molecule has 136 valence electrons. The predicted octanol–water partition coefficient (Wildman–Crippen LogP) is 4.37. The molecule has 3 heterocycles. The number of aromatic amines is 1. The van der Waals surface area contributed by atoms with Crippen molar-refractivity contribution in [3.8, 4) is 21.1 Å². The van der Waals surface area contributed by atoms with E-state index in [0.29, 0.717) is 10.8 Å². The molecule has 8 heteroatoms. The number of hydrogen-bond donors (Lipinski definition) is 3. The van der Waals surface area contributed by atoms with E-state index in [0.717, 1.165) is 32.3 Å². The number of aliphatic hydroxyl groups excluding tert-OH is 1. The van der Waals surface area contributed by atoms with Gasteiger partial charge in [-0.3, -0.25) is 0 Å². The van der Waals surface area contributed by atoms with E-state index >= 15 is 0 Å². The van der Waals surface area contributed by atoms with Crippen molar-refractivity contribution in [2.45, 2.75) is 6.10 Å². The molecule has 0 aliphatic carbocycles. The van der Waals surface area contributed by atoms with Gasteiger partial charge in [0.15, 0.2) is 5.82 Å². The first kappa shape index (κ1) is 17.7. The average Bonchev–Trinajstić information content (AvgIpc) is 3.38. The molecular formula is C19H16ClN5OS. The minimum atomic E-state index is -0.807. The molecule has 1 unspecified atom stereocenters. The van der Waals surface area contributed by atoms with Crippen LogP contribution < -0.4 is 5.32 Å². The van der Waals surface area contributed by atoms with Gasteiger partial charge in [-0.05, 0) is 41.5 Å². The lowest BCUT2D eigenvalue weighted by Gasteiger charge is -2.11. The first-order valence-corrected chi connectivity index (χ1v) is 9.43. The number of thiophene rings is 1. The summed E-state index contributed by atoms with van der Waals surface area (Å²) in [5, 5.41) is 22.7. The molecular weight excluding hydrogens is 382 g/mol. The highest BCUT2D eigenvalue weighted by Crippen LogP contribution is 2.41. The summed E-state index contributed by atoms with van der Waals surface area (Å²) in [4.78, 5) is 9.13. The van der Waals surface area contributed by atoms with Crippen LogP contribution in [0.25, 0.3) is 21.1 Å². The molecule has 6 nitrogen and oxygen atoms in total. The van der Waals surface area contributed by atoms with E-state index in [2.05, 4.69) is 25.5 Å². The van der Waals surface area contributed by atoms with Crippen molar-refractivity contribution in [3.63, 3.8) is 0 Å². The number of pyridine rings is 1. The van der Waals surface area contributed by atoms with Crippen LogP contribution in [0.1, 0.15) is 17.2 Å². The number of H-pyrrole nitrogens is 1. The van der Waals surface area contributed by atoms with E-state index in [4.69, 9.17) is 11.6 Å². The summed E-state index contributed by atoms with van der Waals surface area (Å²) in [6, 6.07) is 13.1. The molecule has 0 amide bonds. The Kier molecular flexibility index (Phi) is 4.89. The van der Waals surface area contributed by atoms with Crippen LogP contribution in [-0.2, 0) is 0 Å². The van der Waals surface area contributed by atoms with Gasteiger partial charge in [0, 0.05) is 28.7 Å². The highest BCUT2D eigenvalue weighted by atomic mass is 35.5. The second-order valence-electron chi connectivity index (χ2n) is 5.87. The van der Waals surface area contributed by atoms with Gasteiger partial charge in [0.05, 0.1) is 4.88 Å². The summed E-state index contributed by atoms with van der Waals surface area (Å²) >= 11 is 7.51. The van der Waals surface area contributed by atoms with E-state index < -0.39 is 6.10 Å². The molecule has 27 heavy (non-hydrogen) atoms. The van der Waals surface area contributed by atoms with Crippen LogP contribution in [0.15, 0.2) is 55.0 Å². The lowest BCUT2D eigenvalue weighted by atomic mass is 10.0. The third-order valence-corrected chi connectivity index (χ3v) is 5.63. The van der Waals surface area contributed by atoms with Crippen molar-refractivity contribution in [1.29, 1.82) is 0 Å². The van der Waals surface area contributed by atoms with Gasteiger partial charge < -0.3 is 15.4 Å². The highest BCUT2D eigenvalue weighted by Gasteiger charge is 2.22. The maximum Gasteiger partial charge on any atom is 0.171 e. The molecule has 4 rings (SSSR count). The standard InChI is InChI=1S/C19H16ClN5OS/c1-21-16-8-12(6-7-22-16)15-9-14(18(27-15)19-23-10-24-25-19)17(26)11-2-4-13(20)5-3-11/h2-10,17,26H,1H3,(H,21,22)(H,23,24,25). The Morgan fingerprint density at radius 1 is 1.19 bits per heavy atom. The minimum Gasteiger partial charge on any atom is -0.384 e. The smallest absolute Gasteiger partial charge is 0.171 e. The molecule has 1 aromatic carbocycles. The van der Waals surface area contributed by atoms with E-state index in [1.807, 2.05) is 37.4 Å².